The second-order valence-corrected chi connectivity index (χ2v) is 5.00. The van der Waals surface area contributed by atoms with Gasteiger partial charge in [0.15, 0.2) is 0 Å². The Kier molecular flexibility index (Phi) is 5.75. The lowest BCUT2D eigenvalue weighted by atomic mass is 9.97. The summed E-state index contributed by atoms with van der Waals surface area (Å²) in [6.07, 6.45) is 13.9. The van der Waals surface area contributed by atoms with Crippen molar-refractivity contribution in [1.82, 2.24) is 5.32 Å². The van der Waals surface area contributed by atoms with Crippen LogP contribution in [0.15, 0.2) is 60.8 Å². The number of allylic oxidation sites excluding steroid dienone is 5. The molecule has 0 spiro atoms. The summed E-state index contributed by atoms with van der Waals surface area (Å²) < 4.78 is 0. The van der Waals surface area contributed by atoms with Crippen LogP contribution in [0.4, 0.5) is 0 Å². The van der Waals surface area contributed by atoms with Gasteiger partial charge in [0.05, 0.1) is 0 Å². The first kappa shape index (κ1) is 14.7. The molecule has 0 bridgehead atoms. The van der Waals surface area contributed by atoms with Crippen LogP contribution in [0.5, 0.6) is 0 Å². The molecule has 104 valence electrons. The molecule has 1 aliphatic rings. The zero-order valence-corrected chi connectivity index (χ0v) is 12.7. The van der Waals surface area contributed by atoms with E-state index in [-0.39, 0.29) is 0 Å². The summed E-state index contributed by atoms with van der Waals surface area (Å²) in [6.45, 7) is 3.06. The van der Waals surface area contributed by atoms with Gasteiger partial charge in [-0.1, -0.05) is 49.4 Å². The summed E-state index contributed by atoms with van der Waals surface area (Å²) in [6, 6.07) is 8.71. The summed E-state index contributed by atoms with van der Waals surface area (Å²) in [4.78, 5) is 0. The Morgan fingerprint density at radius 3 is 3.00 bits per heavy atom. The molecule has 20 heavy (non-hydrogen) atoms. The van der Waals surface area contributed by atoms with Crippen LogP contribution in [-0.4, -0.2) is 12.3 Å². The van der Waals surface area contributed by atoms with E-state index in [1.54, 1.807) is 0 Å². The van der Waals surface area contributed by atoms with Gasteiger partial charge in [0, 0.05) is 12.3 Å². The van der Waals surface area contributed by atoms with Gasteiger partial charge in [0.2, 0.25) is 0 Å². The molecule has 1 heterocycles. The fourth-order valence-electron chi connectivity index (χ4n) is 2.23. The minimum absolute atomic E-state index is 0.764. The van der Waals surface area contributed by atoms with Crippen molar-refractivity contribution < 1.29 is 0 Å². The third kappa shape index (κ3) is 3.91. The van der Waals surface area contributed by atoms with Crippen LogP contribution in [0.2, 0.25) is 0 Å². The highest BCUT2D eigenvalue weighted by Gasteiger charge is 2.03. The Hall–Kier alpha value is -1.67. The van der Waals surface area contributed by atoms with Gasteiger partial charge >= 0.3 is 0 Å². The maximum atomic E-state index is 4.24. The average Bonchev–Trinajstić information content (AvgIpc) is 2.52. The number of thiol groups is 1. The Labute approximate surface area is 127 Å². The van der Waals surface area contributed by atoms with E-state index in [1.165, 1.54) is 22.3 Å². The Bertz CT molecular complexity index is 565. The first-order valence-corrected chi connectivity index (χ1v) is 7.67. The molecular weight excluding hydrogens is 262 g/mol. The van der Waals surface area contributed by atoms with Gasteiger partial charge in [-0.2, -0.15) is 12.6 Å². The topological polar surface area (TPSA) is 12.0 Å². The molecule has 2 heteroatoms. The molecule has 0 radical (unpaired) electrons. The van der Waals surface area contributed by atoms with Crippen LogP contribution in [0, 0.1) is 0 Å². The molecule has 0 saturated carbocycles. The van der Waals surface area contributed by atoms with Crippen molar-refractivity contribution in [2.75, 3.05) is 12.3 Å². The molecule has 2 rings (SSSR count). The standard InChI is InChI=1S/C18H21NS/c1-2-5-15(8-4-13-20)17-6-3-7-18(14-17)16-9-11-19-12-10-16/h3-11,14,19-20H,2,12-13H2,1H3/b8-4-,15-5+. The summed E-state index contributed by atoms with van der Waals surface area (Å²) in [5.74, 6) is 0.764. The third-order valence-corrected chi connectivity index (χ3v) is 3.39. The molecule has 0 amide bonds. The molecule has 1 aromatic carbocycles. The van der Waals surface area contributed by atoms with Crippen molar-refractivity contribution in [3.63, 3.8) is 0 Å². The summed E-state index contributed by atoms with van der Waals surface area (Å²) in [5.41, 5.74) is 5.07. The number of benzene rings is 1. The minimum Gasteiger partial charge on any atom is -0.387 e. The van der Waals surface area contributed by atoms with E-state index in [2.05, 4.69) is 79.5 Å². The SMILES string of the molecule is CC/C=C(\C=C/CS)c1cccc(C2=CCNC=C2)c1. The predicted octanol–water partition coefficient (Wildman–Crippen LogP) is 4.47. The van der Waals surface area contributed by atoms with Gasteiger partial charge in [-0.25, -0.2) is 0 Å². The van der Waals surface area contributed by atoms with Crippen molar-refractivity contribution in [3.8, 4) is 0 Å². The quantitative estimate of drug-likeness (QED) is 0.600. The van der Waals surface area contributed by atoms with E-state index in [4.69, 9.17) is 0 Å². The second kappa shape index (κ2) is 7.81. The van der Waals surface area contributed by atoms with E-state index in [1.807, 2.05) is 6.20 Å². The zero-order valence-electron chi connectivity index (χ0n) is 11.8. The molecule has 1 aromatic rings. The maximum Gasteiger partial charge on any atom is 0.0334 e. The third-order valence-electron chi connectivity index (χ3n) is 3.18. The Morgan fingerprint density at radius 2 is 2.30 bits per heavy atom. The largest absolute Gasteiger partial charge is 0.387 e. The van der Waals surface area contributed by atoms with E-state index in [9.17, 15) is 0 Å². The lowest BCUT2D eigenvalue weighted by Gasteiger charge is -2.11. The van der Waals surface area contributed by atoms with E-state index in [0.29, 0.717) is 0 Å². The molecule has 1 nitrogen and oxygen atoms in total. The summed E-state index contributed by atoms with van der Waals surface area (Å²) >= 11 is 4.24. The van der Waals surface area contributed by atoms with Crippen molar-refractivity contribution >= 4 is 23.8 Å². The first-order chi connectivity index (χ1) is 9.85. The number of nitrogens with one attached hydrogen (secondary N) is 1. The van der Waals surface area contributed by atoms with Gasteiger partial charge in [0.1, 0.15) is 0 Å². The molecule has 0 saturated heterocycles. The van der Waals surface area contributed by atoms with Crippen LogP contribution in [-0.2, 0) is 0 Å². The highest BCUT2D eigenvalue weighted by molar-refractivity contribution is 7.80. The smallest absolute Gasteiger partial charge is 0.0334 e. The zero-order chi connectivity index (χ0) is 14.2. The highest BCUT2D eigenvalue weighted by atomic mass is 32.1. The molecule has 1 aliphatic heterocycles. The van der Waals surface area contributed by atoms with Crippen molar-refractivity contribution in [3.05, 3.63) is 72.0 Å². The van der Waals surface area contributed by atoms with Crippen LogP contribution in [0.1, 0.15) is 24.5 Å². The monoisotopic (exact) mass is 283 g/mol. The molecule has 0 atom stereocenters. The van der Waals surface area contributed by atoms with Gasteiger partial charge in [0.25, 0.3) is 0 Å². The van der Waals surface area contributed by atoms with E-state index < -0.39 is 0 Å². The number of dihydropyridines is 1. The van der Waals surface area contributed by atoms with E-state index in [0.717, 1.165) is 18.7 Å². The first-order valence-electron chi connectivity index (χ1n) is 7.03. The normalized spacial score (nSPS) is 15.3. The molecule has 0 unspecified atom stereocenters. The lowest BCUT2D eigenvalue weighted by molar-refractivity contribution is 0.976. The molecule has 1 N–H and O–H groups in total. The second-order valence-electron chi connectivity index (χ2n) is 4.63. The Balaban J connectivity index is 2.32. The van der Waals surface area contributed by atoms with Crippen LogP contribution in [0.25, 0.3) is 11.1 Å². The fraction of sp³-hybridized carbons (Fsp3) is 0.222. The van der Waals surface area contributed by atoms with Gasteiger partial charge in [-0.3, -0.25) is 0 Å². The molecule has 0 aliphatic carbocycles. The molecular formula is C18H21NS. The van der Waals surface area contributed by atoms with Crippen LogP contribution < -0.4 is 5.32 Å². The van der Waals surface area contributed by atoms with Crippen molar-refractivity contribution in [1.29, 1.82) is 0 Å². The molecule has 0 aromatic heterocycles. The van der Waals surface area contributed by atoms with E-state index >= 15 is 0 Å². The van der Waals surface area contributed by atoms with Gasteiger partial charge in [-0.15, -0.1) is 0 Å². The predicted molar refractivity (Wildman–Crippen MR) is 92.8 cm³/mol. The maximum absolute atomic E-state index is 4.24. The molecule has 0 fully saturated rings. The average molecular weight is 283 g/mol. The van der Waals surface area contributed by atoms with Crippen LogP contribution in [0.3, 0.4) is 0 Å². The minimum atomic E-state index is 0.764. The fourth-order valence-corrected chi connectivity index (χ4v) is 2.33. The summed E-state index contributed by atoms with van der Waals surface area (Å²) in [5, 5.41) is 3.18. The van der Waals surface area contributed by atoms with Gasteiger partial charge < -0.3 is 5.32 Å². The van der Waals surface area contributed by atoms with Crippen molar-refractivity contribution in [2.24, 2.45) is 0 Å². The van der Waals surface area contributed by atoms with Crippen LogP contribution >= 0.6 is 12.6 Å². The number of rotatable bonds is 5. The van der Waals surface area contributed by atoms with Gasteiger partial charge in [-0.05, 0) is 47.0 Å². The number of hydrogen-bond donors (Lipinski definition) is 2. The van der Waals surface area contributed by atoms with Crippen molar-refractivity contribution in [2.45, 2.75) is 13.3 Å². The Morgan fingerprint density at radius 1 is 1.40 bits per heavy atom. The lowest BCUT2D eigenvalue weighted by Crippen LogP contribution is -2.08. The number of hydrogen-bond acceptors (Lipinski definition) is 2. The highest BCUT2D eigenvalue weighted by Crippen LogP contribution is 2.23. The summed E-state index contributed by atoms with van der Waals surface area (Å²) in [7, 11) is 0.